The summed E-state index contributed by atoms with van der Waals surface area (Å²) in [6.07, 6.45) is 5.92. The van der Waals surface area contributed by atoms with Crippen molar-refractivity contribution in [1.29, 1.82) is 5.26 Å². The first-order valence-corrected chi connectivity index (χ1v) is 5.04. The van der Waals surface area contributed by atoms with E-state index in [1.165, 1.54) is 0 Å². The second-order valence-electron chi connectivity index (χ2n) is 3.33. The summed E-state index contributed by atoms with van der Waals surface area (Å²) >= 11 is 0. The molecular formula is C13H11N3. The van der Waals surface area contributed by atoms with E-state index >= 15 is 0 Å². The molecule has 0 saturated heterocycles. The van der Waals surface area contributed by atoms with Crippen LogP contribution in [0.2, 0.25) is 0 Å². The lowest BCUT2D eigenvalue weighted by atomic mass is 10.1. The summed E-state index contributed by atoms with van der Waals surface area (Å²) in [5.41, 5.74) is 3.08. The van der Waals surface area contributed by atoms with Gasteiger partial charge in [0.25, 0.3) is 0 Å². The summed E-state index contributed by atoms with van der Waals surface area (Å²) in [5, 5.41) is 15.4. The van der Waals surface area contributed by atoms with E-state index in [9.17, 15) is 0 Å². The summed E-state index contributed by atoms with van der Waals surface area (Å²) in [7, 11) is 0. The van der Waals surface area contributed by atoms with Crippen LogP contribution in [-0.4, -0.2) is 10.2 Å². The Morgan fingerprint density at radius 2 is 2.12 bits per heavy atom. The van der Waals surface area contributed by atoms with Crippen molar-refractivity contribution in [2.75, 3.05) is 0 Å². The molecule has 0 atom stereocenters. The predicted molar refractivity (Wildman–Crippen MR) is 63.3 cm³/mol. The van der Waals surface area contributed by atoms with E-state index < -0.39 is 0 Å². The number of rotatable bonds is 3. The monoisotopic (exact) mass is 209 g/mol. The van der Waals surface area contributed by atoms with Crippen molar-refractivity contribution in [2.24, 2.45) is 0 Å². The van der Waals surface area contributed by atoms with E-state index in [-0.39, 0.29) is 0 Å². The number of nitrogens with zero attached hydrogens (tertiary/aromatic N) is 2. The molecule has 0 aliphatic carbocycles. The van der Waals surface area contributed by atoms with Gasteiger partial charge in [0.15, 0.2) is 0 Å². The normalized spacial score (nSPS) is 10.4. The molecule has 0 unspecified atom stereocenters. The Labute approximate surface area is 94.0 Å². The van der Waals surface area contributed by atoms with Crippen LogP contribution in [0.4, 0.5) is 0 Å². The average molecular weight is 209 g/mol. The quantitative estimate of drug-likeness (QED) is 0.844. The van der Waals surface area contributed by atoms with E-state index in [1.54, 1.807) is 6.20 Å². The third kappa shape index (κ3) is 2.18. The van der Waals surface area contributed by atoms with Crippen LogP contribution in [0, 0.1) is 11.3 Å². The third-order valence-electron chi connectivity index (χ3n) is 2.24. The van der Waals surface area contributed by atoms with Crippen LogP contribution in [0.5, 0.6) is 0 Å². The Morgan fingerprint density at radius 3 is 2.88 bits per heavy atom. The van der Waals surface area contributed by atoms with E-state index in [0.29, 0.717) is 6.42 Å². The van der Waals surface area contributed by atoms with Gasteiger partial charge in [0.1, 0.15) is 0 Å². The van der Waals surface area contributed by atoms with Gasteiger partial charge in [-0.15, -0.1) is 0 Å². The number of aromatic nitrogens is 2. The van der Waals surface area contributed by atoms with Crippen LogP contribution in [0.15, 0.2) is 42.6 Å². The maximum atomic E-state index is 8.46. The minimum Gasteiger partial charge on any atom is -0.277 e. The average Bonchev–Trinajstić information content (AvgIpc) is 2.79. The molecule has 16 heavy (non-hydrogen) atoms. The van der Waals surface area contributed by atoms with E-state index in [0.717, 1.165) is 16.8 Å². The zero-order valence-electron chi connectivity index (χ0n) is 8.72. The fourth-order valence-electron chi connectivity index (χ4n) is 1.50. The number of hydrogen-bond donors (Lipinski definition) is 1. The van der Waals surface area contributed by atoms with Crippen LogP contribution < -0.4 is 0 Å². The van der Waals surface area contributed by atoms with Crippen molar-refractivity contribution in [2.45, 2.75) is 6.42 Å². The van der Waals surface area contributed by atoms with Crippen molar-refractivity contribution in [3.05, 3.63) is 48.2 Å². The number of aromatic amines is 1. The second kappa shape index (κ2) is 4.94. The number of H-pyrrole nitrogens is 1. The van der Waals surface area contributed by atoms with Gasteiger partial charge in [0.2, 0.25) is 0 Å². The van der Waals surface area contributed by atoms with E-state index in [2.05, 4.69) is 16.3 Å². The molecule has 1 heterocycles. The molecule has 0 saturated carbocycles. The van der Waals surface area contributed by atoms with E-state index in [1.807, 2.05) is 42.5 Å². The standard InChI is InChI=1S/C13H11N3/c14-9-5-4-8-12-10-15-16-13(12)11-6-2-1-3-7-11/h1-4,6-8,10H,5H2,(H,15,16). The van der Waals surface area contributed by atoms with Crippen molar-refractivity contribution < 1.29 is 0 Å². The smallest absolute Gasteiger partial charge is 0.0722 e. The molecule has 78 valence electrons. The van der Waals surface area contributed by atoms with Crippen LogP contribution >= 0.6 is 0 Å². The molecule has 1 aromatic heterocycles. The highest BCUT2D eigenvalue weighted by Gasteiger charge is 2.03. The molecule has 1 aromatic carbocycles. The van der Waals surface area contributed by atoms with Gasteiger partial charge in [-0.25, -0.2) is 0 Å². The maximum absolute atomic E-state index is 8.46. The van der Waals surface area contributed by atoms with Gasteiger partial charge >= 0.3 is 0 Å². The fraction of sp³-hybridized carbons (Fsp3) is 0.0769. The first-order chi connectivity index (χ1) is 7.92. The Bertz CT molecular complexity index is 518. The zero-order valence-corrected chi connectivity index (χ0v) is 8.72. The number of nitriles is 1. The third-order valence-corrected chi connectivity index (χ3v) is 2.24. The van der Waals surface area contributed by atoms with Gasteiger partial charge in [-0.2, -0.15) is 10.4 Å². The highest BCUT2D eigenvalue weighted by Crippen LogP contribution is 2.21. The summed E-state index contributed by atoms with van der Waals surface area (Å²) in [6, 6.07) is 12.1. The SMILES string of the molecule is N#CCC=Cc1cn[nH]c1-c1ccccc1. The summed E-state index contributed by atoms with van der Waals surface area (Å²) in [5.74, 6) is 0. The second-order valence-corrected chi connectivity index (χ2v) is 3.33. The molecule has 0 radical (unpaired) electrons. The van der Waals surface area contributed by atoms with Crippen molar-refractivity contribution >= 4 is 6.08 Å². The summed E-state index contributed by atoms with van der Waals surface area (Å²) in [6.45, 7) is 0. The molecule has 0 aliphatic rings. The molecule has 0 aliphatic heterocycles. The molecule has 2 rings (SSSR count). The number of benzene rings is 1. The molecule has 3 heteroatoms. The number of nitrogens with one attached hydrogen (secondary N) is 1. The topological polar surface area (TPSA) is 52.5 Å². The first kappa shape index (κ1) is 10.2. The van der Waals surface area contributed by atoms with Crippen LogP contribution in [0.1, 0.15) is 12.0 Å². The number of hydrogen-bond acceptors (Lipinski definition) is 2. The van der Waals surface area contributed by atoms with Crippen LogP contribution in [0.3, 0.4) is 0 Å². The van der Waals surface area contributed by atoms with Gasteiger partial charge in [-0.05, 0) is 0 Å². The lowest BCUT2D eigenvalue weighted by Gasteiger charge is -1.98. The molecule has 1 N–H and O–H groups in total. The minimum atomic E-state index is 0.416. The molecule has 2 aromatic rings. The largest absolute Gasteiger partial charge is 0.277 e. The highest BCUT2D eigenvalue weighted by molar-refractivity contribution is 5.71. The maximum Gasteiger partial charge on any atom is 0.0722 e. The van der Waals surface area contributed by atoms with Crippen molar-refractivity contribution in [1.82, 2.24) is 10.2 Å². The molecule has 0 spiro atoms. The zero-order chi connectivity index (χ0) is 11.2. The van der Waals surface area contributed by atoms with Crippen molar-refractivity contribution in [3.8, 4) is 17.3 Å². The first-order valence-electron chi connectivity index (χ1n) is 5.04. The minimum absolute atomic E-state index is 0.416. The van der Waals surface area contributed by atoms with Gasteiger partial charge in [0, 0.05) is 11.1 Å². The molecule has 0 amide bonds. The Morgan fingerprint density at radius 1 is 1.31 bits per heavy atom. The van der Waals surface area contributed by atoms with Gasteiger partial charge < -0.3 is 0 Å². The Hall–Kier alpha value is -2.34. The van der Waals surface area contributed by atoms with Crippen LogP contribution in [0.25, 0.3) is 17.3 Å². The number of allylic oxidation sites excluding steroid dienone is 1. The summed E-state index contributed by atoms with van der Waals surface area (Å²) < 4.78 is 0. The predicted octanol–water partition coefficient (Wildman–Crippen LogP) is 3.00. The molecule has 3 nitrogen and oxygen atoms in total. The fourth-order valence-corrected chi connectivity index (χ4v) is 1.50. The van der Waals surface area contributed by atoms with Gasteiger partial charge in [-0.1, -0.05) is 42.5 Å². The lowest BCUT2D eigenvalue weighted by molar-refractivity contribution is 1.10. The van der Waals surface area contributed by atoms with Crippen molar-refractivity contribution in [3.63, 3.8) is 0 Å². The van der Waals surface area contributed by atoms with Gasteiger partial charge in [0.05, 0.1) is 24.4 Å². The van der Waals surface area contributed by atoms with Crippen LogP contribution in [-0.2, 0) is 0 Å². The molecule has 0 fully saturated rings. The summed E-state index contributed by atoms with van der Waals surface area (Å²) in [4.78, 5) is 0. The Balaban J connectivity index is 2.30. The Kier molecular flexibility index (Phi) is 3.15. The highest BCUT2D eigenvalue weighted by atomic mass is 15.1. The molecular weight excluding hydrogens is 198 g/mol. The lowest BCUT2D eigenvalue weighted by Crippen LogP contribution is -1.79. The molecule has 0 bridgehead atoms. The van der Waals surface area contributed by atoms with E-state index in [4.69, 9.17) is 5.26 Å². The van der Waals surface area contributed by atoms with Gasteiger partial charge in [-0.3, -0.25) is 5.10 Å².